The number of carbonyl (C=O) groups is 1. The van der Waals surface area contributed by atoms with E-state index in [4.69, 9.17) is 0 Å². The van der Waals surface area contributed by atoms with Crippen LogP contribution in [-0.2, 0) is 4.79 Å². The number of carbonyl (C=O) groups excluding carboxylic acids is 1. The number of likely N-dealkylation sites (tertiary alicyclic amines) is 1. The van der Waals surface area contributed by atoms with Gasteiger partial charge >= 0.3 is 0 Å². The Morgan fingerprint density at radius 2 is 2.33 bits per heavy atom. The molecule has 0 saturated carbocycles. The van der Waals surface area contributed by atoms with Crippen molar-refractivity contribution in [1.82, 2.24) is 25.1 Å². The summed E-state index contributed by atoms with van der Waals surface area (Å²) in [5.74, 6) is 1.77. The Morgan fingerprint density at radius 1 is 1.52 bits per heavy atom. The lowest BCUT2D eigenvalue weighted by molar-refractivity contribution is -0.127. The van der Waals surface area contributed by atoms with Gasteiger partial charge in [0, 0.05) is 32.6 Å². The van der Waals surface area contributed by atoms with Crippen LogP contribution in [-0.4, -0.2) is 56.6 Å². The van der Waals surface area contributed by atoms with Crippen LogP contribution in [0, 0.1) is 6.92 Å². The van der Waals surface area contributed by atoms with Crippen molar-refractivity contribution in [3.8, 4) is 0 Å². The molecule has 1 saturated heterocycles. The highest BCUT2D eigenvalue weighted by Gasteiger charge is 2.30. The number of aromatic amines is 1. The highest BCUT2D eigenvalue weighted by atomic mass is 16.2. The normalized spacial score (nSPS) is 18.4. The number of H-pyrrole nitrogens is 1. The van der Waals surface area contributed by atoms with Crippen LogP contribution in [0.5, 0.6) is 0 Å². The Morgan fingerprint density at radius 3 is 3.00 bits per heavy atom. The fourth-order valence-electron chi connectivity index (χ4n) is 3.01. The first kappa shape index (κ1) is 13.8. The van der Waals surface area contributed by atoms with Gasteiger partial charge in [-0.05, 0) is 20.3 Å². The number of nitrogens with zero attached hydrogens (tertiary/aromatic N) is 5. The third kappa shape index (κ3) is 2.43. The van der Waals surface area contributed by atoms with Crippen LogP contribution >= 0.6 is 0 Å². The fraction of sp³-hybridized carbons (Fsp3) is 0.571. The average molecular weight is 288 g/mol. The number of hydrogen-bond acceptors (Lipinski definition) is 5. The van der Waals surface area contributed by atoms with E-state index < -0.39 is 0 Å². The third-order valence-corrected chi connectivity index (χ3v) is 4.06. The maximum Gasteiger partial charge on any atom is 0.219 e. The van der Waals surface area contributed by atoms with Crippen molar-refractivity contribution in [3.63, 3.8) is 0 Å². The minimum atomic E-state index is 0.140. The first-order valence-electron chi connectivity index (χ1n) is 7.30. The molecule has 0 radical (unpaired) electrons. The van der Waals surface area contributed by atoms with Crippen molar-refractivity contribution in [2.24, 2.45) is 0 Å². The molecule has 1 fully saturated rings. The fourth-order valence-corrected chi connectivity index (χ4v) is 3.01. The van der Waals surface area contributed by atoms with Gasteiger partial charge in [-0.3, -0.25) is 9.89 Å². The second-order valence-corrected chi connectivity index (χ2v) is 5.42. The highest BCUT2D eigenvalue weighted by Crippen LogP contribution is 2.27. The minimum absolute atomic E-state index is 0.140. The SMILES string of the molecule is CCN(c1nc(C)nc2[nH]ncc12)[C@H]1CCN(C(C)=O)C1. The lowest BCUT2D eigenvalue weighted by Crippen LogP contribution is -2.39. The Hall–Kier alpha value is -2.18. The minimum Gasteiger partial charge on any atom is -0.351 e. The monoisotopic (exact) mass is 288 g/mol. The molecule has 2 aromatic rings. The van der Waals surface area contributed by atoms with E-state index >= 15 is 0 Å². The van der Waals surface area contributed by atoms with Gasteiger partial charge in [0.25, 0.3) is 0 Å². The van der Waals surface area contributed by atoms with Crippen LogP contribution in [0.1, 0.15) is 26.1 Å². The molecule has 0 bridgehead atoms. The van der Waals surface area contributed by atoms with Crippen molar-refractivity contribution >= 4 is 22.8 Å². The van der Waals surface area contributed by atoms with Gasteiger partial charge in [0.2, 0.25) is 5.91 Å². The molecular weight excluding hydrogens is 268 g/mol. The lowest BCUT2D eigenvalue weighted by atomic mass is 10.2. The van der Waals surface area contributed by atoms with Crippen LogP contribution in [0.15, 0.2) is 6.20 Å². The summed E-state index contributed by atoms with van der Waals surface area (Å²) in [4.78, 5) is 24.7. The van der Waals surface area contributed by atoms with Crippen LogP contribution < -0.4 is 4.90 Å². The van der Waals surface area contributed by atoms with Crippen molar-refractivity contribution < 1.29 is 4.79 Å². The number of aromatic nitrogens is 4. The van der Waals surface area contributed by atoms with Gasteiger partial charge in [0.05, 0.1) is 11.6 Å². The van der Waals surface area contributed by atoms with E-state index in [9.17, 15) is 4.79 Å². The number of aryl methyl sites for hydroxylation is 1. The first-order chi connectivity index (χ1) is 10.1. The van der Waals surface area contributed by atoms with Crippen molar-refractivity contribution in [2.75, 3.05) is 24.5 Å². The molecule has 2 aromatic heterocycles. The molecule has 112 valence electrons. The Kier molecular flexibility index (Phi) is 3.48. The largest absolute Gasteiger partial charge is 0.351 e. The zero-order valence-corrected chi connectivity index (χ0v) is 12.6. The zero-order chi connectivity index (χ0) is 15.0. The second kappa shape index (κ2) is 5.31. The van der Waals surface area contributed by atoms with Crippen molar-refractivity contribution in [1.29, 1.82) is 0 Å². The van der Waals surface area contributed by atoms with Gasteiger partial charge in [-0.1, -0.05) is 0 Å². The zero-order valence-electron chi connectivity index (χ0n) is 12.6. The highest BCUT2D eigenvalue weighted by molar-refractivity contribution is 5.86. The number of fused-ring (bicyclic) bond motifs is 1. The Bertz CT molecular complexity index is 667. The summed E-state index contributed by atoms with van der Waals surface area (Å²) in [5.41, 5.74) is 0.761. The molecule has 3 heterocycles. The number of rotatable bonds is 3. The van der Waals surface area contributed by atoms with E-state index in [0.29, 0.717) is 6.04 Å². The van der Waals surface area contributed by atoms with Gasteiger partial charge in [0.1, 0.15) is 11.6 Å². The molecule has 1 aliphatic rings. The average Bonchev–Trinajstić information content (AvgIpc) is 3.07. The van der Waals surface area contributed by atoms with Crippen LogP contribution in [0.3, 0.4) is 0 Å². The van der Waals surface area contributed by atoms with Crippen molar-refractivity contribution in [3.05, 3.63) is 12.0 Å². The lowest BCUT2D eigenvalue weighted by Gasteiger charge is -2.29. The molecule has 7 heteroatoms. The molecular formula is C14H20N6O. The Balaban J connectivity index is 1.95. The van der Waals surface area contributed by atoms with E-state index in [1.165, 1.54) is 0 Å². The smallest absolute Gasteiger partial charge is 0.219 e. The predicted octanol–water partition coefficient (Wildman–Crippen LogP) is 1.11. The molecule has 1 aliphatic heterocycles. The molecule has 0 aliphatic carbocycles. The van der Waals surface area contributed by atoms with E-state index in [0.717, 1.165) is 48.7 Å². The van der Waals surface area contributed by atoms with Crippen LogP contribution in [0.2, 0.25) is 0 Å². The molecule has 0 spiro atoms. The van der Waals surface area contributed by atoms with Gasteiger partial charge in [0.15, 0.2) is 5.65 Å². The Labute approximate surface area is 123 Å². The quantitative estimate of drug-likeness (QED) is 0.915. The van der Waals surface area contributed by atoms with Gasteiger partial charge in [-0.15, -0.1) is 0 Å². The second-order valence-electron chi connectivity index (χ2n) is 5.42. The van der Waals surface area contributed by atoms with Gasteiger partial charge in [-0.2, -0.15) is 5.10 Å². The third-order valence-electron chi connectivity index (χ3n) is 4.06. The maximum atomic E-state index is 11.5. The predicted molar refractivity (Wildman–Crippen MR) is 80.1 cm³/mol. The number of nitrogens with one attached hydrogen (secondary N) is 1. The summed E-state index contributed by atoms with van der Waals surface area (Å²) >= 11 is 0. The van der Waals surface area contributed by atoms with Crippen LogP contribution in [0.25, 0.3) is 11.0 Å². The van der Waals surface area contributed by atoms with Gasteiger partial charge in [-0.25, -0.2) is 9.97 Å². The van der Waals surface area contributed by atoms with E-state index in [1.54, 1.807) is 13.1 Å². The number of anilines is 1. The summed E-state index contributed by atoms with van der Waals surface area (Å²) in [7, 11) is 0. The number of likely N-dealkylation sites (N-methyl/N-ethyl adjacent to an activating group) is 1. The van der Waals surface area contributed by atoms with E-state index in [-0.39, 0.29) is 5.91 Å². The van der Waals surface area contributed by atoms with Crippen LogP contribution in [0.4, 0.5) is 5.82 Å². The number of amides is 1. The maximum absolute atomic E-state index is 11.5. The summed E-state index contributed by atoms with van der Waals surface area (Å²) in [6.07, 6.45) is 2.74. The molecule has 21 heavy (non-hydrogen) atoms. The van der Waals surface area contributed by atoms with Crippen molar-refractivity contribution in [2.45, 2.75) is 33.2 Å². The first-order valence-corrected chi connectivity index (χ1v) is 7.30. The summed E-state index contributed by atoms with van der Waals surface area (Å²) in [6.45, 7) is 8.03. The molecule has 1 N–H and O–H groups in total. The van der Waals surface area contributed by atoms with Gasteiger partial charge < -0.3 is 9.80 Å². The molecule has 1 atom stereocenters. The topological polar surface area (TPSA) is 78.0 Å². The molecule has 0 unspecified atom stereocenters. The molecule has 1 amide bonds. The molecule has 0 aromatic carbocycles. The summed E-state index contributed by atoms with van der Waals surface area (Å²) < 4.78 is 0. The molecule has 7 nitrogen and oxygen atoms in total. The van der Waals surface area contributed by atoms with E-state index in [2.05, 4.69) is 32.0 Å². The van der Waals surface area contributed by atoms with E-state index in [1.807, 2.05) is 11.8 Å². The number of hydrogen-bond donors (Lipinski definition) is 1. The molecule has 3 rings (SSSR count). The standard InChI is InChI=1S/C14H20N6O/c1-4-20(11-5-6-19(8-11)10(3)21)14-12-7-15-18-13(12)16-9(2)17-14/h7,11H,4-6,8H2,1-3H3,(H,15,16,17,18)/t11-/m0/s1. The summed E-state index contributed by atoms with van der Waals surface area (Å²) in [6, 6.07) is 0.297. The summed E-state index contributed by atoms with van der Waals surface area (Å²) in [5, 5.41) is 7.91.